The van der Waals surface area contributed by atoms with Crippen LogP contribution in [0.4, 0.5) is 5.69 Å². The Morgan fingerprint density at radius 3 is 2.74 bits per heavy atom. The third-order valence-electron chi connectivity index (χ3n) is 4.99. The number of amides is 1. The lowest BCUT2D eigenvalue weighted by Gasteiger charge is -2.15. The molecule has 31 heavy (non-hydrogen) atoms. The first-order chi connectivity index (χ1) is 14.8. The van der Waals surface area contributed by atoms with Crippen molar-refractivity contribution < 1.29 is 9.53 Å². The summed E-state index contributed by atoms with van der Waals surface area (Å²) in [5.74, 6) is 0.666. The lowest BCUT2D eigenvalue weighted by atomic mass is 10.2. The second kappa shape index (κ2) is 8.24. The molecule has 2 heterocycles. The lowest BCUT2D eigenvalue weighted by molar-refractivity contribution is -0.115. The Bertz CT molecular complexity index is 1380. The highest BCUT2D eigenvalue weighted by Gasteiger charge is 2.22. The van der Waals surface area contributed by atoms with Crippen molar-refractivity contribution in [3.05, 3.63) is 57.3 Å². The molecule has 1 amide bonds. The molecule has 0 bridgehead atoms. The zero-order valence-electron chi connectivity index (χ0n) is 17.3. The molecular weight excluding hydrogens is 438 g/mol. The van der Waals surface area contributed by atoms with Crippen molar-refractivity contribution in [1.29, 1.82) is 0 Å². The third kappa shape index (κ3) is 3.75. The van der Waals surface area contributed by atoms with Crippen LogP contribution in [-0.4, -0.2) is 37.4 Å². The molecule has 0 saturated carbocycles. The SMILES string of the molecule is COc1cc(Cl)c(C)cc1NC(=O)C(C)Sc1nnc2n(C)c(=O)c3ccccc3n12. The van der Waals surface area contributed by atoms with Crippen LogP contribution in [0.1, 0.15) is 12.5 Å². The number of aryl methyl sites for hydroxylation is 2. The molecule has 2 aromatic heterocycles. The Morgan fingerprint density at radius 1 is 1.26 bits per heavy atom. The van der Waals surface area contributed by atoms with E-state index in [1.54, 1.807) is 36.6 Å². The van der Waals surface area contributed by atoms with E-state index in [1.807, 2.05) is 25.1 Å². The molecule has 2 aromatic carbocycles. The summed E-state index contributed by atoms with van der Waals surface area (Å²) in [6.45, 7) is 3.63. The molecule has 0 radical (unpaired) electrons. The molecule has 0 fully saturated rings. The van der Waals surface area contributed by atoms with Crippen molar-refractivity contribution >= 4 is 51.6 Å². The number of thioether (sulfide) groups is 1. The van der Waals surface area contributed by atoms with Crippen LogP contribution in [0.3, 0.4) is 0 Å². The number of ether oxygens (including phenoxy) is 1. The van der Waals surface area contributed by atoms with Gasteiger partial charge in [-0.05, 0) is 37.6 Å². The van der Waals surface area contributed by atoms with Gasteiger partial charge in [0.05, 0.1) is 29.0 Å². The van der Waals surface area contributed by atoms with E-state index in [9.17, 15) is 9.59 Å². The number of nitrogens with one attached hydrogen (secondary N) is 1. The maximum atomic E-state index is 12.9. The maximum absolute atomic E-state index is 12.9. The standard InChI is InChI=1S/C21H20ClN5O3S/c1-11-9-15(17(30-4)10-14(11)22)23-18(28)12(2)31-21-25-24-20-26(3)19(29)13-7-5-6-8-16(13)27(20)21/h5-10,12H,1-4H3,(H,23,28). The van der Waals surface area contributed by atoms with Gasteiger partial charge in [-0.2, -0.15) is 0 Å². The fraction of sp³-hybridized carbons (Fsp3) is 0.238. The van der Waals surface area contributed by atoms with Gasteiger partial charge in [0.15, 0.2) is 5.16 Å². The lowest BCUT2D eigenvalue weighted by Crippen LogP contribution is -2.23. The van der Waals surface area contributed by atoms with Gasteiger partial charge in [0.2, 0.25) is 11.7 Å². The molecule has 0 spiro atoms. The van der Waals surface area contributed by atoms with Crippen molar-refractivity contribution in [3.8, 4) is 5.75 Å². The minimum absolute atomic E-state index is 0.150. The first-order valence-corrected chi connectivity index (χ1v) is 10.7. The average Bonchev–Trinajstić information content (AvgIpc) is 3.18. The minimum atomic E-state index is -0.496. The zero-order chi connectivity index (χ0) is 22.3. The predicted octanol–water partition coefficient (Wildman–Crippen LogP) is 3.67. The fourth-order valence-corrected chi connectivity index (χ4v) is 4.27. The van der Waals surface area contributed by atoms with E-state index in [2.05, 4.69) is 15.5 Å². The number of benzene rings is 2. The summed E-state index contributed by atoms with van der Waals surface area (Å²) in [5.41, 5.74) is 1.91. The van der Waals surface area contributed by atoms with E-state index < -0.39 is 5.25 Å². The Labute approximate surface area is 187 Å². The Hall–Kier alpha value is -3.04. The second-order valence-electron chi connectivity index (χ2n) is 7.05. The number of hydrogen-bond acceptors (Lipinski definition) is 6. The van der Waals surface area contributed by atoms with E-state index in [0.29, 0.717) is 38.3 Å². The summed E-state index contributed by atoms with van der Waals surface area (Å²) < 4.78 is 8.57. The summed E-state index contributed by atoms with van der Waals surface area (Å²) in [6.07, 6.45) is 0. The smallest absolute Gasteiger partial charge is 0.262 e. The van der Waals surface area contributed by atoms with Gasteiger partial charge in [-0.15, -0.1) is 10.2 Å². The summed E-state index contributed by atoms with van der Waals surface area (Å²) in [7, 11) is 3.17. The number of nitrogens with zero attached hydrogens (tertiary/aromatic N) is 4. The molecule has 10 heteroatoms. The van der Waals surface area contributed by atoms with Gasteiger partial charge in [0.25, 0.3) is 5.56 Å². The molecule has 4 rings (SSSR count). The van der Waals surface area contributed by atoms with Gasteiger partial charge in [-0.25, -0.2) is 0 Å². The number of carbonyl (C=O) groups is 1. The predicted molar refractivity (Wildman–Crippen MR) is 122 cm³/mol. The maximum Gasteiger partial charge on any atom is 0.262 e. The molecule has 0 aliphatic rings. The highest BCUT2D eigenvalue weighted by atomic mass is 35.5. The van der Waals surface area contributed by atoms with Crippen LogP contribution >= 0.6 is 23.4 Å². The number of halogens is 1. The van der Waals surface area contributed by atoms with E-state index in [4.69, 9.17) is 16.3 Å². The Kier molecular flexibility index (Phi) is 5.63. The van der Waals surface area contributed by atoms with Crippen molar-refractivity contribution in [3.63, 3.8) is 0 Å². The highest BCUT2D eigenvalue weighted by Crippen LogP contribution is 2.32. The van der Waals surface area contributed by atoms with Crippen molar-refractivity contribution in [2.24, 2.45) is 7.05 Å². The quantitative estimate of drug-likeness (QED) is 0.460. The normalized spacial score (nSPS) is 12.3. The first-order valence-electron chi connectivity index (χ1n) is 9.46. The van der Waals surface area contributed by atoms with Crippen molar-refractivity contribution in [1.82, 2.24) is 19.2 Å². The number of aromatic nitrogens is 4. The average molecular weight is 458 g/mol. The topological polar surface area (TPSA) is 90.5 Å². The summed E-state index contributed by atoms with van der Waals surface area (Å²) in [6, 6.07) is 10.7. The fourth-order valence-electron chi connectivity index (χ4n) is 3.26. The Balaban J connectivity index is 1.67. The van der Waals surface area contributed by atoms with E-state index >= 15 is 0 Å². The largest absolute Gasteiger partial charge is 0.495 e. The Morgan fingerprint density at radius 2 is 2.00 bits per heavy atom. The number of carbonyl (C=O) groups excluding carboxylic acids is 1. The molecule has 1 unspecified atom stereocenters. The van der Waals surface area contributed by atoms with Crippen LogP contribution in [0.2, 0.25) is 5.02 Å². The zero-order valence-corrected chi connectivity index (χ0v) is 18.9. The van der Waals surface area contributed by atoms with Crippen LogP contribution in [0, 0.1) is 6.92 Å². The van der Waals surface area contributed by atoms with Crippen LogP contribution < -0.4 is 15.6 Å². The number of rotatable bonds is 5. The molecule has 0 aliphatic heterocycles. The monoisotopic (exact) mass is 457 g/mol. The molecule has 1 atom stereocenters. The summed E-state index contributed by atoms with van der Waals surface area (Å²) >= 11 is 7.40. The number of anilines is 1. The van der Waals surface area contributed by atoms with E-state index in [1.165, 1.54) is 23.4 Å². The number of fused-ring (bicyclic) bond motifs is 3. The van der Waals surface area contributed by atoms with Crippen LogP contribution in [-0.2, 0) is 11.8 Å². The molecule has 0 saturated heterocycles. The molecule has 4 aromatic rings. The highest BCUT2D eigenvalue weighted by molar-refractivity contribution is 8.00. The molecular formula is C21H20ClN5O3S. The molecule has 0 aliphatic carbocycles. The van der Waals surface area contributed by atoms with E-state index in [0.717, 1.165) is 5.56 Å². The molecule has 8 nitrogen and oxygen atoms in total. The van der Waals surface area contributed by atoms with Gasteiger partial charge >= 0.3 is 0 Å². The van der Waals surface area contributed by atoms with Crippen LogP contribution in [0.15, 0.2) is 46.3 Å². The third-order valence-corrected chi connectivity index (χ3v) is 6.44. The van der Waals surface area contributed by atoms with Crippen molar-refractivity contribution in [2.45, 2.75) is 24.3 Å². The van der Waals surface area contributed by atoms with Gasteiger partial charge in [0, 0.05) is 18.1 Å². The van der Waals surface area contributed by atoms with E-state index in [-0.39, 0.29) is 11.5 Å². The van der Waals surface area contributed by atoms with Crippen molar-refractivity contribution in [2.75, 3.05) is 12.4 Å². The summed E-state index contributed by atoms with van der Waals surface area (Å²) in [5, 5.41) is 12.4. The van der Waals surface area contributed by atoms with Gasteiger partial charge < -0.3 is 10.1 Å². The number of para-hydroxylation sites is 1. The summed E-state index contributed by atoms with van der Waals surface area (Å²) in [4.78, 5) is 25.5. The number of methoxy groups -OCH3 is 1. The first kappa shape index (κ1) is 21.2. The van der Waals surface area contributed by atoms with Gasteiger partial charge in [-0.1, -0.05) is 35.5 Å². The second-order valence-corrected chi connectivity index (χ2v) is 8.77. The molecule has 160 valence electrons. The van der Waals surface area contributed by atoms with Crippen LogP contribution in [0.25, 0.3) is 16.7 Å². The van der Waals surface area contributed by atoms with Gasteiger partial charge in [0.1, 0.15) is 5.75 Å². The van der Waals surface area contributed by atoms with Crippen LogP contribution in [0.5, 0.6) is 5.75 Å². The minimum Gasteiger partial charge on any atom is -0.495 e. The number of hydrogen-bond donors (Lipinski definition) is 1. The molecule has 1 N–H and O–H groups in total. The van der Waals surface area contributed by atoms with Gasteiger partial charge in [-0.3, -0.25) is 18.6 Å².